The van der Waals surface area contributed by atoms with Crippen LogP contribution in [0, 0.1) is 0 Å². The predicted octanol–water partition coefficient (Wildman–Crippen LogP) is 2.07. The van der Waals surface area contributed by atoms with Gasteiger partial charge in [-0.15, -0.1) is 0 Å². The summed E-state index contributed by atoms with van der Waals surface area (Å²) in [6.45, 7) is 7.30. The van der Waals surface area contributed by atoms with Gasteiger partial charge in [0, 0.05) is 0 Å². The minimum absolute atomic E-state index is 0.150. The van der Waals surface area contributed by atoms with E-state index in [0.29, 0.717) is 19.6 Å². The number of rotatable bonds is 5. The topological polar surface area (TPSA) is 55.5 Å². The molecule has 0 aliphatic rings. The smallest absolute Gasteiger partial charge is 0.119 e. The SMILES string of the molecule is CC(C)(C)c1ccc(OCC(O)CCN)cc1. The maximum Gasteiger partial charge on any atom is 0.119 e. The van der Waals surface area contributed by atoms with Crippen molar-refractivity contribution in [2.75, 3.05) is 13.2 Å². The summed E-state index contributed by atoms with van der Waals surface area (Å²) < 4.78 is 5.48. The van der Waals surface area contributed by atoms with Crippen LogP contribution in [0.1, 0.15) is 32.8 Å². The van der Waals surface area contributed by atoms with E-state index in [1.807, 2.05) is 12.1 Å². The van der Waals surface area contributed by atoms with E-state index in [1.54, 1.807) is 0 Å². The summed E-state index contributed by atoms with van der Waals surface area (Å²) >= 11 is 0. The Morgan fingerprint density at radius 2 is 1.82 bits per heavy atom. The van der Waals surface area contributed by atoms with Crippen molar-refractivity contribution in [3.63, 3.8) is 0 Å². The second-order valence-corrected chi connectivity index (χ2v) is 5.32. The second-order valence-electron chi connectivity index (χ2n) is 5.32. The van der Waals surface area contributed by atoms with Crippen LogP contribution in [0.25, 0.3) is 0 Å². The lowest BCUT2D eigenvalue weighted by Gasteiger charge is -2.19. The number of nitrogens with two attached hydrogens (primary N) is 1. The van der Waals surface area contributed by atoms with E-state index in [-0.39, 0.29) is 5.41 Å². The molecule has 3 nitrogen and oxygen atoms in total. The fourth-order valence-corrected chi connectivity index (χ4v) is 1.52. The molecule has 0 bridgehead atoms. The van der Waals surface area contributed by atoms with Crippen LogP contribution in [0.15, 0.2) is 24.3 Å². The summed E-state index contributed by atoms with van der Waals surface area (Å²) in [4.78, 5) is 0. The van der Waals surface area contributed by atoms with Crippen molar-refractivity contribution in [2.24, 2.45) is 5.73 Å². The Hall–Kier alpha value is -1.06. The van der Waals surface area contributed by atoms with E-state index in [0.717, 1.165) is 5.75 Å². The van der Waals surface area contributed by atoms with Gasteiger partial charge in [0.2, 0.25) is 0 Å². The van der Waals surface area contributed by atoms with Gasteiger partial charge in [-0.3, -0.25) is 0 Å². The highest BCUT2D eigenvalue weighted by atomic mass is 16.5. The zero-order valence-corrected chi connectivity index (χ0v) is 10.9. The van der Waals surface area contributed by atoms with Gasteiger partial charge in [-0.1, -0.05) is 32.9 Å². The van der Waals surface area contributed by atoms with Gasteiger partial charge in [0.1, 0.15) is 12.4 Å². The maximum atomic E-state index is 9.49. The number of benzene rings is 1. The molecule has 1 aromatic rings. The van der Waals surface area contributed by atoms with E-state index in [9.17, 15) is 5.11 Å². The minimum Gasteiger partial charge on any atom is -0.491 e. The fraction of sp³-hybridized carbons (Fsp3) is 0.571. The number of aliphatic hydroxyl groups is 1. The van der Waals surface area contributed by atoms with Gasteiger partial charge < -0.3 is 15.6 Å². The quantitative estimate of drug-likeness (QED) is 0.824. The van der Waals surface area contributed by atoms with Gasteiger partial charge in [0.15, 0.2) is 0 Å². The summed E-state index contributed by atoms with van der Waals surface area (Å²) in [5.41, 5.74) is 6.77. The first-order valence-electron chi connectivity index (χ1n) is 6.05. The lowest BCUT2D eigenvalue weighted by Crippen LogP contribution is -2.21. The first kappa shape index (κ1) is 14.0. The van der Waals surface area contributed by atoms with Crippen LogP contribution in [0.5, 0.6) is 5.75 Å². The molecule has 96 valence electrons. The molecule has 0 saturated heterocycles. The molecule has 0 aliphatic heterocycles. The van der Waals surface area contributed by atoms with Gasteiger partial charge in [-0.25, -0.2) is 0 Å². The van der Waals surface area contributed by atoms with Crippen LogP contribution in [0.3, 0.4) is 0 Å². The summed E-state index contributed by atoms with van der Waals surface area (Å²) in [6, 6.07) is 8.00. The molecule has 0 fully saturated rings. The van der Waals surface area contributed by atoms with Crippen molar-refractivity contribution in [3.8, 4) is 5.75 Å². The van der Waals surface area contributed by atoms with Crippen LogP contribution in [-0.2, 0) is 5.41 Å². The van der Waals surface area contributed by atoms with E-state index < -0.39 is 6.10 Å². The molecule has 17 heavy (non-hydrogen) atoms. The summed E-state index contributed by atoms with van der Waals surface area (Å²) in [6.07, 6.45) is 0.0855. The van der Waals surface area contributed by atoms with Crippen LogP contribution in [-0.4, -0.2) is 24.4 Å². The normalized spacial score (nSPS) is 13.5. The molecular weight excluding hydrogens is 214 g/mol. The van der Waals surface area contributed by atoms with Crippen LogP contribution >= 0.6 is 0 Å². The Labute approximate surface area is 104 Å². The zero-order chi connectivity index (χ0) is 12.9. The van der Waals surface area contributed by atoms with Crippen molar-refractivity contribution in [1.29, 1.82) is 0 Å². The molecular formula is C14H23NO2. The molecule has 1 unspecified atom stereocenters. The standard InChI is InChI=1S/C14H23NO2/c1-14(2,3)11-4-6-13(7-5-11)17-10-12(16)8-9-15/h4-7,12,16H,8-10,15H2,1-3H3. The average molecular weight is 237 g/mol. The highest BCUT2D eigenvalue weighted by Gasteiger charge is 2.13. The van der Waals surface area contributed by atoms with Crippen LogP contribution in [0.2, 0.25) is 0 Å². The van der Waals surface area contributed by atoms with Gasteiger partial charge in [-0.05, 0) is 36.1 Å². The van der Waals surface area contributed by atoms with Gasteiger partial charge in [0.05, 0.1) is 6.10 Å². The lowest BCUT2D eigenvalue weighted by molar-refractivity contribution is 0.102. The van der Waals surface area contributed by atoms with E-state index in [4.69, 9.17) is 10.5 Å². The van der Waals surface area contributed by atoms with Crippen molar-refractivity contribution >= 4 is 0 Å². The molecule has 0 aliphatic carbocycles. The molecule has 3 heteroatoms. The minimum atomic E-state index is -0.484. The summed E-state index contributed by atoms with van der Waals surface area (Å²) in [5.74, 6) is 0.786. The van der Waals surface area contributed by atoms with Crippen molar-refractivity contribution in [2.45, 2.75) is 38.7 Å². The zero-order valence-electron chi connectivity index (χ0n) is 10.9. The first-order valence-corrected chi connectivity index (χ1v) is 6.05. The Bertz CT molecular complexity index is 327. The first-order chi connectivity index (χ1) is 7.93. The largest absolute Gasteiger partial charge is 0.491 e. The molecule has 1 aromatic carbocycles. The number of ether oxygens (including phenoxy) is 1. The molecule has 0 spiro atoms. The Morgan fingerprint density at radius 3 is 2.29 bits per heavy atom. The monoisotopic (exact) mass is 237 g/mol. The summed E-state index contributed by atoms with van der Waals surface area (Å²) in [5, 5.41) is 9.49. The third kappa shape index (κ3) is 4.75. The number of hydrogen-bond acceptors (Lipinski definition) is 3. The molecule has 0 saturated carbocycles. The average Bonchev–Trinajstić information content (AvgIpc) is 2.26. The van der Waals surface area contributed by atoms with Crippen LogP contribution in [0.4, 0.5) is 0 Å². The molecule has 0 heterocycles. The molecule has 0 amide bonds. The third-order valence-corrected chi connectivity index (χ3v) is 2.66. The molecule has 0 aromatic heterocycles. The number of hydrogen-bond donors (Lipinski definition) is 2. The summed E-state index contributed by atoms with van der Waals surface area (Å²) in [7, 11) is 0. The van der Waals surface area contributed by atoms with Crippen LogP contribution < -0.4 is 10.5 Å². The van der Waals surface area contributed by atoms with E-state index >= 15 is 0 Å². The second kappa shape index (κ2) is 6.03. The van der Waals surface area contributed by atoms with Crippen molar-refractivity contribution in [3.05, 3.63) is 29.8 Å². The van der Waals surface area contributed by atoms with E-state index in [2.05, 4.69) is 32.9 Å². The highest BCUT2D eigenvalue weighted by molar-refractivity contribution is 5.31. The van der Waals surface area contributed by atoms with E-state index in [1.165, 1.54) is 5.56 Å². The Balaban J connectivity index is 2.51. The third-order valence-electron chi connectivity index (χ3n) is 2.66. The van der Waals surface area contributed by atoms with Crippen molar-refractivity contribution < 1.29 is 9.84 Å². The fourth-order valence-electron chi connectivity index (χ4n) is 1.52. The Kier molecular flexibility index (Phi) is 4.97. The maximum absolute atomic E-state index is 9.49. The molecule has 1 atom stereocenters. The lowest BCUT2D eigenvalue weighted by atomic mass is 9.87. The molecule has 1 rings (SSSR count). The predicted molar refractivity (Wildman–Crippen MR) is 70.3 cm³/mol. The van der Waals surface area contributed by atoms with Gasteiger partial charge >= 0.3 is 0 Å². The Morgan fingerprint density at radius 1 is 1.24 bits per heavy atom. The molecule has 3 N–H and O–H groups in total. The van der Waals surface area contributed by atoms with Gasteiger partial charge in [-0.2, -0.15) is 0 Å². The number of aliphatic hydroxyl groups excluding tert-OH is 1. The highest BCUT2D eigenvalue weighted by Crippen LogP contribution is 2.24. The van der Waals surface area contributed by atoms with Gasteiger partial charge in [0.25, 0.3) is 0 Å². The van der Waals surface area contributed by atoms with Crippen molar-refractivity contribution in [1.82, 2.24) is 0 Å². The molecule has 0 radical (unpaired) electrons.